The Hall–Kier alpha value is -3.33. The third-order valence-electron chi connectivity index (χ3n) is 4.86. The van der Waals surface area contributed by atoms with Gasteiger partial charge >= 0.3 is 0 Å². The van der Waals surface area contributed by atoms with E-state index in [1.807, 2.05) is 12.1 Å². The Morgan fingerprint density at radius 3 is 2.43 bits per heavy atom. The number of nitrogens with zero attached hydrogens (tertiary/aromatic N) is 1. The van der Waals surface area contributed by atoms with Crippen molar-refractivity contribution in [1.29, 1.82) is 0 Å². The minimum Gasteiger partial charge on any atom is -0.487 e. The first kappa shape index (κ1) is 24.8. The molecule has 1 saturated heterocycles. The Bertz CT molecular complexity index is 1310. The van der Waals surface area contributed by atoms with E-state index in [4.69, 9.17) is 27.9 Å². The van der Waals surface area contributed by atoms with E-state index in [1.165, 1.54) is 30.3 Å². The second kappa shape index (κ2) is 10.9. The van der Waals surface area contributed by atoms with Gasteiger partial charge in [0.25, 0.3) is 11.1 Å². The van der Waals surface area contributed by atoms with Crippen molar-refractivity contribution in [2.45, 2.75) is 6.61 Å². The first-order chi connectivity index (χ1) is 16.8. The zero-order valence-electron chi connectivity index (χ0n) is 18.0. The SMILES string of the molecule is O=C(CN1C(=O)S/C(=C\c2ccc(OCc3ccc(Cl)cc3)c(Cl)c2)C1=O)Nc1ccc(F)cc1. The van der Waals surface area contributed by atoms with Gasteiger partial charge < -0.3 is 10.1 Å². The molecule has 0 unspecified atom stereocenters. The van der Waals surface area contributed by atoms with Crippen LogP contribution >= 0.6 is 35.0 Å². The number of carbonyl (C=O) groups is 3. The Kier molecular flexibility index (Phi) is 7.75. The van der Waals surface area contributed by atoms with Crippen molar-refractivity contribution < 1.29 is 23.5 Å². The van der Waals surface area contributed by atoms with E-state index in [-0.39, 0.29) is 4.91 Å². The molecule has 0 atom stereocenters. The number of anilines is 1. The van der Waals surface area contributed by atoms with E-state index in [9.17, 15) is 18.8 Å². The van der Waals surface area contributed by atoms with Crippen molar-refractivity contribution in [3.63, 3.8) is 0 Å². The maximum Gasteiger partial charge on any atom is 0.294 e. The van der Waals surface area contributed by atoms with Gasteiger partial charge in [0.05, 0.1) is 9.93 Å². The number of rotatable bonds is 7. The van der Waals surface area contributed by atoms with Gasteiger partial charge in [0.15, 0.2) is 0 Å². The van der Waals surface area contributed by atoms with Crippen molar-refractivity contribution >= 4 is 63.8 Å². The molecule has 0 aromatic heterocycles. The molecule has 10 heteroatoms. The number of ether oxygens (including phenoxy) is 1. The number of imide groups is 1. The van der Waals surface area contributed by atoms with Crippen LogP contribution < -0.4 is 10.1 Å². The van der Waals surface area contributed by atoms with Gasteiger partial charge in [-0.05, 0) is 77.5 Å². The second-order valence-corrected chi connectivity index (χ2v) is 9.26. The van der Waals surface area contributed by atoms with Crippen LogP contribution in [0.3, 0.4) is 0 Å². The lowest BCUT2D eigenvalue weighted by molar-refractivity contribution is -0.127. The van der Waals surface area contributed by atoms with Crippen LogP contribution in [0.2, 0.25) is 10.0 Å². The molecular formula is C25H17Cl2FN2O4S. The highest BCUT2D eigenvalue weighted by Gasteiger charge is 2.36. The fraction of sp³-hybridized carbons (Fsp3) is 0.0800. The predicted octanol–water partition coefficient (Wildman–Crippen LogP) is 6.39. The Morgan fingerprint density at radius 1 is 1.03 bits per heavy atom. The van der Waals surface area contributed by atoms with E-state index in [2.05, 4.69) is 5.32 Å². The molecule has 1 heterocycles. The Labute approximate surface area is 214 Å². The van der Waals surface area contributed by atoms with Crippen LogP contribution in [-0.2, 0) is 16.2 Å². The van der Waals surface area contributed by atoms with Gasteiger partial charge in [-0.15, -0.1) is 0 Å². The molecule has 1 fully saturated rings. The smallest absolute Gasteiger partial charge is 0.294 e. The summed E-state index contributed by atoms with van der Waals surface area (Å²) in [5.41, 5.74) is 1.87. The minimum absolute atomic E-state index is 0.162. The molecule has 35 heavy (non-hydrogen) atoms. The van der Waals surface area contributed by atoms with Gasteiger partial charge in [0, 0.05) is 10.7 Å². The first-order valence-electron chi connectivity index (χ1n) is 10.3. The average Bonchev–Trinajstić information content (AvgIpc) is 3.08. The van der Waals surface area contributed by atoms with Crippen LogP contribution in [0, 0.1) is 5.82 Å². The molecule has 0 aliphatic carbocycles. The summed E-state index contributed by atoms with van der Waals surface area (Å²) in [7, 11) is 0. The van der Waals surface area contributed by atoms with Crippen LogP contribution in [0.25, 0.3) is 6.08 Å². The van der Waals surface area contributed by atoms with Crippen molar-refractivity contribution in [1.82, 2.24) is 4.90 Å². The van der Waals surface area contributed by atoms with Gasteiger partial charge in [-0.25, -0.2) is 4.39 Å². The molecule has 3 aromatic carbocycles. The zero-order valence-corrected chi connectivity index (χ0v) is 20.3. The lowest BCUT2D eigenvalue weighted by atomic mass is 10.2. The molecule has 1 aliphatic rings. The molecule has 3 amide bonds. The second-order valence-electron chi connectivity index (χ2n) is 7.43. The number of hydrogen-bond donors (Lipinski definition) is 1. The maximum absolute atomic E-state index is 13.0. The highest BCUT2D eigenvalue weighted by atomic mass is 35.5. The molecule has 0 bridgehead atoms. The van der Waals surface area contributed by atoms with Crippen molar-refractivity contribution in [3.05, 3.63) is 98.6 Å². The van der Waals surface area contributed by atoms with Crippen LogP contribution in [0.15, 0.2) is 71.6 Å². The van der Waals surface area contributed by atoms with Gasteiger partial charge in [0.2, 0.25) is 5.91 Å². The lowest BCUT2D eigenvalue weighted by Crippen LogP contribution is -2.36. The topological polar surface area (TPSA) is 75.7 Å². The van der Waals surface area contributed by atoms with Crippen LogP contribution in [-0.4, -0.2) is 28.5 Å². The van der Waals surface area contributed by atoms with Crippen LogP contribution in [0.4, 0.5) is 14.9 Å². The van der Waals surface area contributed by atoms with E-state index < -0.39 is 29.4 Å². The summed E-state index contributed by atoms with van der Waals surface area (Å²) >= 11 is 12.9. The minimum atomic E-state index is -0.589. The third kappa shape index (κ3) is 6.42. The van der Waals surface area contributed by atoms with Crippen LogP contribution in [0.5, 0.6) is 5.75 Å². The molecule has 3 aromatic rings. The fourth-order valence-corrected chi connectivity index (χ4v) is 4.34. The van der Waals surface area contributed by atoms with Crippen molar-refractivity contribution in [3.8, 4) is 5.75 Å². The Morgan fingerprint density at radius 2 is 1.74 bits per heavy atom. The summed E-state index contributed by atoms with van der Waals surface area (Å²) in [5.74, 6) is -1.15. The summed E-state index contributed by atoms with van der Waals surface area (Å²) < 4.78 is 18.8. The Balaban J connectivity index is 1.39. The number of benzene rings is 3. The van der Waals surface area contributed by atoms with Crippen molar-refractivity contribution in [2.75, 3.05) is 11.9 Å². The highest BCUT2D eigenvalue weighted by molar-refractivity contribution is 8.18. The number of halogens is 3. The zero-order chi connectivity index (χ0) is 24.9. The number of hydrogen-bond acceptors (Lipinski definition) is 5. The molecule has 4 rings (SSSR count). The van der Waals surface area contributed by atoms with Crippen molar-refractivity contribution in [2.24, 2.45) is 0 Å². The predicted molar refractivity (Wildman–Crippen MR) is 135 cm³/mol. The standard InChI is InChI=1S/C25H17Cl2FN2O4S/c26-17-4-1-15(2-5-17)14-34-21-10-3-16(11-20(21)27)12-22-24(32)30(25(33)35-22)13-23(31)29-19-8-6-18(28)7-9-19/h1-12H,13-14H2,(H,29,31)/b22-12-. The molecule has 0 spiro atoms. The fourth-order valence-electron chi connectivity index (χ4n) is 3.13. The number of thioether (sulfide) groups is 1. The van der Waals surface area contributed by atoms with E-state index in [0.717, 1.165) is 22.2 Å². The summed E-state index contributed by atoms with van der Waals surface area (Å²) in [6.45, 7) is -0.160. The van der Waals surface area contributed by atoms with Crippen LogP contribution in [0.1, 0.15) is 11.1 Å². The van der Waals surface area contributed by atoms with Gasteiger partial charge in [0.1, 0.15) is 24.7 Å². The summed E-state index contributed by atoms with van der Waals surface area (Å²) in [6, 6.07) is 17.4. The van der Waals surface area contributed by atoms with E-state index in [0.29, 0.717) is 33.7 Å². The third-order valence-corrected chi connectivity index (χ3v) is 6.32. The quantitative estimate of drug-likeness (QED) is 0.358. The number of carbonyl (C=O) groups excluding carboxylic acids is 3. The summed E-state index contributed by atoms with van der Waals surface area (Å²) in [4.78, 5) is 38.3. The molecule has 0 saturated carbocycles. The van der Waals surface area contributed by atoms with Gasteiger partial charge in [-0.3, -0.25) is 19.3 Å². The highest BCUT2D eigenvalue weighted by Crippen LogP contribution is 2.34. The van der Waals surface area contributed by atoms with E-state index in [1.54, 1.807) is 30.3 Å². The monoisotopic (exact) mass is 530 g/mol. The summed E-state index contributed by atoms with van der Waals surface area (Å²) in [6.07, 6.45) is 1.53. The van der Waals surface area contributed by atoms with Gasteiger partial charge in [-0.1, -0.05) is 41.4 Å². The average molecular weight is 531 g/mol. The molecule has 6 nitrogen and oxygen atoms in total. The van der Waals surface area contributed by atoms with E-state index >= 15 is 0 Å². The summed E-state index contributed by atoms with van der Waals surface area (Å²) in [5, 5.41) is 2.93. The molecule has 0 radical (unpaired) electrons. The molecule has 1 aliphatic heterocycles. The first-order valence-corrected chi connectivity index (χ1v) is 11.8. The molecular weight excluding hydrogens is 514 g/mol. The number of nitrogens with one attached hydrogen (secondary N) is 1. The largest absolute Gasteiger partial charge is 0.487 e. The van der Waals surface area contributed by atoms with Gasteiger partial charge in [-0.2, -0.15) is 0 Å². The lowest BCUT2D eigenvalue weighted by Gasteiger charge is -2.12. The normalized spacial score (nSPS) is 14.5. The molecule has 1 N–H and O–H groups in total. The number of amides is 3. The maximum atomic E-state index is 13.0. The molecule has 178 valence electrons.